The van der Waals surface area contributed by atoms with Gasteiger partial charge in [-0.05, 0) is 49.7 Å². The van der Waals surface area contributed by atoms with Crippen molar-refractivity contribution in [3.05, 3.63) is 63.9 Å². The molecule has 3 rings (SSSR count). The average molecular weight is 451 g/mol. The van der Waals surface area contributed by atoms with Gasteiger partial charge in [0.1, 0.15) is 5.75 Å². The molecule has 0 saturated heterocycles. The summed E-state index contributed by atoms with van der Waals surface area (Å²) in [5, 5.41) is 13.1. The Morgan fingerprint density at radius 1 is 1.24 bits per heavy atom. The van der Waals surface area contributed by atoms with E-state index in [-0.39, 0.29) is 17.8 Å². The van der Waals surface area contributed by atoms with E-state index in [0.717, 1.165) is 5.56 Å². The van der Waals surface area contributed by atoms with Gasteiger partial charge < -0.3 is 14.6 Å². The summed E-state index contributed by atoms with van der Waals surface area (Å²) in [5.41, 5.74) is 1.53. The SMILES string of the molecule is Cc1c(Cl)cccc1NC(=O)CSc1nnc(C(C)Oc2cccc(Cl)c2)n1C. The van der Waals surface area contributed by atoms with Gasteiger partial charge in [-0.2, -0.15) is 0 Å². The van der Waals surface area contributed by atoms with Crippen molar-refractivity contribution in [3.63, 3.8) is 0 Å². The number of carbonyl (C=O) groups excluding carboxylic acids is 1. The van der Waals surface area contributed by atoms with E-state index in [9.17, 15) is 4.79 Å². The summed E-state index contributed by atoms with van der Waals surface area (Å²) in [4.78, 5) is 12.3. The second-order valence-electron chi connectivity index (χ2n) is 6.37. The molecule has 1 aromatic heterocycles. The number of anilines is 1. The maximum atomic E-state index is 12.3. The Kier molecular flexibility index (Phi) is 7.05. The van der Waals surface area contributed by atoms with Crippen LogP contribution in [0.25, 0.3) is 0 Å². The first kappa shape index (κ1) is 21.5. The monoisotopic (exact) mass is 450 g/mol. The lowest BCUT2D eigenvalue weighted by Gasteiger charge is -2.14. The van der Waals surface area contributed by atoms with Crippen LogP contribution in [0.4, 0.5) is 5.69 Å². The van der Waals surface area contributed by atoms with Gasteiger partial charge in [-0.25, -0.2) is 0 Å². The normalized spacial score (nSPS) is 11.9. The van der Waals surface area contributed by atoms with Crippen molar-refractivity contribution in [3.8, 4) is 5.75 Å². The summed E-state index contributed by atoms with van der Waals surface area (Å²) in [6.07, 6.45) is -0.330. The van der Waals surface area contributed by atoms with Crippen molar-refractivity contribution < 1.29 is 9.53 Å². The summed E-state index contributed by atoms with van der Waals surface area (Å²) in [5.74, 6) is 1.35. The van der Waals surface area contributed by atoms with Crippen molar-refractivity contribution in [2.75, 3.05) is 11.1 Å². The van der Waals surface area contributed by atoms with Crippen molar-refractivity contribution in [1.82, 2.24) is 14.8 Å². The zero-order chi connectivity index (χ0) is 21.0. The van der Waals surface area contributed by atoms with Crippen LogP contribution in [0.5, 0.6) is 5.75 Å². The number of hydrogen-bond acceptors (Lipinski definition) is 5. The number of aromatic nitrogens is 3. The molecule has 152 valence electrons. The molecule has 0 aliphatic rings. The van der Waals surface area contributed by atoms with Crippen molar-refractivity contribution >= 4 is 46.6 Å². The third kappa shape index (κ3) is 5.44. The molecule has 1 amide bonds. The number of amides is 1. The Morgan fingerprint density at radius 2 is 2.00 bits per heavy atom. The molecule has 0 aliphatic carbocycles. The summed E-state index contributed by atoms with van der Waals surface area (Å²) < 4.78 is 7.71. The molecule has 1 N–H and O–H groups in total. The summed E-state index contributed by atoms with van der Waals surface area (Å²) in [6.45, 7) is 3.75. The second-order valence-corrected chi connectivity index (χ2v) is 8.15. The molecular formula is C20H20Cl2N4O2S. The lowest BCUT2D eigenvalue weighted by molar-refractivity contribution is -0.113. The van der Waals surface area contributed by atoms with E-state index in [1.165, 1.54) is 11.8 Å². The Labute approximate surface area is 183 Å². The van der Waals surface area contributed by atoms with E-state index in [1.807, 2.05) is 43.7 Å². The second kappa shape index (κ2) is 9.52. The van der Waals surface area contributed by atoms with Gasteiger partial charge in [-0.15, -0.1) is 10.2 Å². The van der Waals surface area contributed by atoms with Crippen LogP contribution in [-0.2, 0) is 11.8 Å². The Hall–Kier alpha value is -2.22. The van der Waals surface area contributed by atoms with Gasteiger partial charge in [0.2, 0.25) is 5.91 Å². The molecule has 1 heterocycles. The number of ether oxygens (including phenoxy) is 1. The van der Waals surface area contributed by atoms with Crippen LogP contribution in [0.2, 0.25) is 10.0 Å². The number of nitrogens with zero attached hydrogens (tertiary/aromatic N) is 3. The molecule has 1 unspecified atom stereocenters. The molecule has 0 spiro atoms. The van der Waals surface area contributed by atoms with Gasteiger partial charge in [0.05, 0.1) is 5.75 Å². The third-order valence-electron chi connectivity index (χ3n) is 4.22. The number of carbonyl (C=O) groups is 1. The van der Waals surface area contributed by atoms with E-state index in [4.69, 9.17) is 27.9 Å². The molecule has 6 nitrogen and oxygen atoms in total. The fraction of sp³-hybridized carbons (Fsp3) is 0.250. The number of thioether (sulfide) groups is 1. The fourth-order valence-electron chi connectivity index (χ4n) is 2.66. The van der Waals surface area contributed by atoms with E-state index in [1.54, 1.807) is 24.3 Å². The highest BCUT2D eigenvalue weighted by Gasteiger charge is 2.18. The van der Waals surface area contributed by atoms with Gasteiger partial charge in [0.25, 0.3) is 0 Å². The molecular weight excluding hydrogens is 431 g/mol. The molecule has 0 radical (unpaired) electrons. The fourth-order valence-corrected chi connectivity index (χ4v) is 3.74. The lowest BCUT2D eigenvalue weighted by Crippen LogP contribution is -2.15. The molecule has 1 atom stereocenters. The van der Waals surface area contributed by atoms with Crippen LogP contribution in [0.15, 0.2) is 47.6 Å². The third-order valence-corrected chi connectivity index (χ3v) is 5.88. The van der Waals surface area contributed by atoms with Crippen LogP contribution in [0.3, 0.4) is 0 Å². The summed E-state index contributed by atoms with van der Waals surface area (Å²) >= 11 is 13.4. The van der Waals surface area contributed by atoms with E-state index in [0.29, 0.717) is 32.5 Å². The van der Waals surface area contributed by atoms with Crippen LogP contribution in [-0.4, -0.2) is 26.4 Å². The highest BCUT2D eigenvalue weighted by molar-refractivity contribution is 7.99. The maximum Gasteiger partial charge on any atom is 0.234 e. The minimum Gasteiger partial charge on any atom is -0.483 e. The van der Waals surface area contributed by atoms with Crippen LogP contribution in [0, 0.1) is 6.92 Å². The number of benzene rings is 2. The Balaban J connectivity index is 1.60. The molecule has 0 fully saturated rings. The van der Waals surface area contributed by atoms with E-state index < -0.39 is 0 Å². The molecule has 0 aliphatic heterocycles. The maximum absolute atomic E-state index is 12.3. The predicted molar refractivity (Wildman–Crippen MR) is 117 cm³/mol. The number of nitrogens with one attached hydrogen (secondary N) is 1. The van der Waals surface area contributed by atoms with Crippen molar-refractivity contribution in [2.45, 2.75) is 25.1 Å². The van der Waals surface area contributed by atoms with Gasteiger partial charge in [-0.1, -0.05) is 47.1 Å². The van der Waals surface area contributed by atoms with Gasteiger partial charge >= 0.3 is 0 Å². The van der Waals surface area contributed by atoms with Crippen molar-refractivity contribution in [1.29, 1.82) is 0 Å². The first-order valence-electron chi connectivity index (χ1n) is 8.84. The highest BCUT2D eigenvalue weighted by atomic mass is 35.5. The zero-order valence-corrected chi connectivity index (χ0v) is 18.5. The minimum absolute atomic E-state index is 0.145. The van der Waals surface area contributed by atoms with Gasteiger partial charge in [-0.3, -0.25) is 4.79 Å². The Bertz CT molecular complexity index is 1030. The van der Waals surface area contributed by atoms with E-state index >= 15 is 0 Å². The molecule has 2 aromatic carbocycles. The minimum atomic E-state index is -0.330. The molecule has 9 heteroatoms. The highest BCUT2D eigenvalue weighted by Crippen LogP contribution is 2.26. The van der Waals surface area contributed by atoms with Crippen LogP contribution < -0.4 is 10.1 Å². The summed E-state index contributed by atoms with van der Waals surface area (Å²) in [6, 6.07) is 12.6. The van der Waals surface area contributed by atoms with E-state index in [2.05, 4.69) is 15.5 Å². The molecule has 0 saturated carbocycles. The lowest BCUT2D eigenvalue weighted by atomic mass is 10.2. The van der Waals surface area contributed by atoms with Gasteiger partial charge in [0.15, 0.2) is 17.1 Å². The zero-order valence-electron chi connectivity index (χ0n) is 16.1. The molecule has 0 bridgehead atoms. The standard InChI is InChI=1S/C20H20Cl2N4O2S/c1-12-16(22)8-5-9-17(12)23-18(27)11-29-20-25-24-19(26(20)3)13(2)28-15-7-4-6-14(21)10-15/h4-10,13H,11H2,1-3H3,(H,23,27). The average Bonchev–Trinajstić information content (AvgIpc) is 3.04. The number of halogens is 2. The smallest absolute Gasteiger partial charge is 0.234 e. The predicted octanol–water partition coefficient (Wildman–Crippen LogP) is 5.30. The first-order valence-corrected chi connectivity index (χ1v) is 10.6. The number of hydrogen-bond donors (Lipinski definition) is 1. The Morgan fingerprint density at radius 3 is 2.76 bits per heavy atom. The first-order chi connectivity index (χ1) is 13.8. The largest absolute Gasteiger partial charge is 0.483 e. The quantitative estimate of drug-likeness (QED) is 0.494. The number of rotatable bonds is 7. The van der Waals surface area contributed by atoms with Gasteiger partial charge in [0, 0.05) is 22.8 Å². The van der Waals surface area contributed by atoms with Crippen LogP contribution in [0.1, 0.15) is 24.4 Å². The molecule has 29 heavy (non-hydrogen) atoms. The summed E-state index contributed by atoms with van der Waals surface area (Å²) in [7, 11) is 1.84. The van der Waals surface area contributed by atoms with Crippen molar-refractivity contribution in [2.24, 2.45) is 7.05 Å². The molecule has 3 aromatic rings. The van der Waals surface area contributed by atoms with Crippen LogP contribution >= 0.6 is 35.0 Å². The topological polar surface area (TPSA) is 69.0 Å².